The second-order valence-corrected chi connectivity index (χ2v) is 5.95. The first-order valence-corrected chi connectivity index (χ1v) is 7.22. The number of carboxylic acid groups (broad SMARTS) is 1. The summed E-state index contributed by atoms with van der Waals surface area (Å²) in [5.41, 5.74) is -0.823. The fraction of sp³-hybridized carbons (Fsp3) is 0.700. The van der Waals surface area contributed by atoms with Gasteiger partial charge in [-0.3, -0.25) is 4.79 Å². The molecule has 0 saturated heterocycles. The Balaban J connectivity index is 2.30. The summed E-state index contributed by atoms with van der Waals surface area (Å²) in [5, 5.41) is 12.2. The third-order valence-corrected chi connectivity index (χ3v) is 4.31. The first kappa shape index (κ1) is 14.4. The normalized spacial score (nSPS) is 14.5. The molecule has 96 valence electrons. The quantitative estimate of drug-likeness (QED) is 0.557. The molecule has 0 spiro atoms. The molecule has 1 atom stereocenters. The van der Waals surface area contributed by atoms with E-state index in [0.717, 1.165) is 16.5 Å². The van der Waals surface area contributed by atoms with Crippen LogP contribution in [0.4, 0.5) is 0 Å². The van der Waals surface area contributed by atoms with E-state index in [2.05, 4.69) is 14.7 Å². The highest BCUT2D eigenvalue weighted by Gasteiger charge is 2.31. The maximum Gasteiger partial charge on any atom is 0.323 e. The number of aromatic nitrogens is 2. The number of rotatable bonds is 8. The van der Waals surface area contributed by atoms with Gasteiger partial charge in [-0.1, -0.05) is 18.7 Å². The predicted octanol–water partition coefficient (Wildman–Crippen LogP) is 1.86. The Hall–Kier alpha value is -0.660. The third-order valence-electron chi connectivity index (χ3n) is 2.43. The van der Waals surface area contributed by atoms with Gasteiger partial charge < -0.3 is 10.4 Å². The van der Waals surface area contributed by atoms with E-state index in [1.807, 2.05) is 6.92 Å². The van der Waals surface area contributed by atoms with Crippen LogP contribution >= 0.6 is 23.3 Å². The summed E-state index contributed by atoms with van der Waals surface area (Å²) >= 11 is 2.99. The van der Waals surface area contributed by atoms with Gasteiger partial charge in [0.2, 0.25) is 0 Å². The average Bonchev–Trinajstić information content (AvgIpc) is 2.77. The highest BCUT2D eigenvalue weighted by molar-refractivity contribution is 8.00. The number of nitrogens with zero attached hydrogens (tertiary/aromatic N) is 2. The van der Waals surface area contributed by atoms with Crippen molar-refractivity contribution in [1.82, 2.24) is 14.7 Å². The molecule has 7 heteroatoms. The minimum atomic E-state index is -0.823. The summed E-state index contributed by atoms with van der Waals surface area (Å²) in [6.07, 6.45) is 2.98. The second kappa shape index (κ2) is 6.93. The zero-order valence-corrected chi connectivity index (χ0v) is 11.6. The molecular formula is C10H17N3O2S2. The molecule has 0 bridgehead atoms. The number of nitrogens with one attached hydrogen (secondary N) is 1. The van der Waals surface area contributed by atoms with Crippen molar-refractivity contribution >= 4 is 29.3 Å². The number of carboxylic acids is 1. The molecular weight excluding hydrogens is 258 g/mol. The summed E-state index contributed by atoms with van der Waals surface area (Å²) < 4.78 is 4.85. The first-order chi connectivity index (χ1) is 8.08. The number of likely N-dealkylation sites (N-methyl/N-ethyl adjacent to an activating group) is 1. The topological polar surface area (TPSA) is 75.1 Å². The van der Waals surface area contributed by atoms with Gasteiger partial charge in [0.25, 0.3) is 0 Å². The van der Waals surface area contributed by atoms with Crippen LogP contribution in [0, 0.1) is 0 Å². The van der Waals surface area contributed by atoms with Crippen LogP contribution in [0.3, 0.4) is 0 Å². The SMILES string of the molecule is CCNC(C)(CCCSc1ncns1)C(=O)O. The van der Waals surface area contributed by atoms with E-state index in [1.165, 1.54) is 17.9 Å². The molecule has 0 aliphatic rings. The molecule has 5 nitrogen and oxygen atoms in total. The van der Waals surface area contributed by atoms with E-state index in [1.54, 1.807) is 18.7 Å². The Morgan fingerprint density at radius 1 is 1.71 bits per heavy atom. The van der Waals surface area contributed by atoms with Crippen LogP contribution in [-0.2, 0) is 4.79 Å². The Morgan fingerprint density at radius 3 is 3.00 bits per heavy atom. The number of aliphatic carboxylic acids is 1. The smallest absolute Gasteiger partial charge is 0.323 e. The minimum Gasteiger partial charge on any atom is -0.480 e. The van der Waals surface area contributed by atoms with Gasteiger partial charge in [0.1, 0.15) is 11.9 Å². The standard InChI is InChI=1S/C10H17N3O2S2/c1-3-12-10(2,8(14)15)5-4-6-16-9-11-7-13-17-9/h7,12H,3-6H2,1-2H3,(H,14,15). The number of carbonyl (C=O) groups is 1. The van der Waals surface area contributed by atoms with E-state index < -0.39 is 11.5 Å². The van der Waals surface area contributed by atoms with Gasteiger partial charge in [0, 0.05) is 5.75 Å². The summed E-state index contributed by atoms with van der Waals surface area (Å²) in [6, 6.07) is 0. The molecule has 17 heavy (non-hydrogen) atoms. The lowest BCUT2D eigenvalue weighted by Gasteiger charge is -2.25. The van der Waals surface area contributed by atoms with Gasteiger partial charge in [-0.2, -0.15) is 4.37 Å². The van der Waals surface area contributed by atoms with Crippen molar-refractivity contribution < 1.29 is 9.90 Å². The Bertz CT molecular complexity index is 345. The van der Waals surface area contributed by atoms with Crippen LogP contribution in [0.15, 0.2) is 10.7 Å². The van der Waals surface area contributed by atoms with Crippen molar-refractivity contribution in [2.45, 2.75) is 36.6 Å². The molecule has 1 aromatic heterocycles. The van der Waals surface area contributed by atoms with Gasteiger partial charge in [0.05, 0.1) is 0 Å². The minimum absolute atomic E-state index is 0.613. The van der Waals surface area contributed by atoms with Crippen LogP contribution < -0.4 is 5.32 Å². The van der Waals surface area contributed by atoms with Gasteiger partial charge >= 0.3 is 5.97 Å². The molecule has 0 saturated carbocycles. The largest absolute Gasteiger partial charge is 0.480 e. The Kier molecular flexibility index (Phi) is 5.87. The summed E-state index contributed by atoms with van der Waals surface area (Å²) in [6.45, 7) is 4.30. The van der Waals surface area contributed by atoms with Crippen molar-refractivity contribution in [3.05, 3.63) is 6.33 Å². The molecule has 0 aliphatic carbocycles. The lowest BCUT2D eigenvalue weighted by atomic mass is 9.96. The van der Waals surface area contributed by atoms with Gasteiger partial charge in [0.15, 0.2) is 4.34 Å². The highest BCUT2D eigenvalue weighted by atomic mass is 32.2. The fourth-order valence-corrected chi connectivity index (χ4v) is 2.93. The molecule has 0 amide bonds. The maximum absolute atomic E-state index is 11.1. The molecule has 0 fully saturated rings. The molecule has 1 aromatic rings. The van der Waals surface area contributed by atoms with E-state index in [-0.39, 0.29) is 0 Å². The van der Waals surface area contributed by atoms with Crippen LogP contribution in [0.1, 0.15) is 26.7 Å². The Morgan fingerprint density at radius 2 is 2.47 bits per heavy atom. The number of hydrogen-bond donors (Lipinski definition) is 2. The summed E-state index contributed by atoms with van der Waals surface area (Å²) in [5.74, 6) is 0.0731. The van der Waals surface area contributed by atoms with Crippen LogP contribution in [0.25, 0.3) is 0 Å². The zero-order valence-electron chi connectivity index (χ0n) is 9.97. The fourth-order valence-electron chi connectivity index (χ4n) is 1.47. The van der Waals surface area contributed by atoms with Crippen molar-refractivity contribution in [2.75, 3.05) is 12.3 Å². The number of thioether (sulfide) groups is 1. The van der Waals surface area contributed by atoms with E-state index in [4.69, 9.17) is 5.11 Å². The van der Waals surface area contributed by atoms with E-state index in [0.29, 0.717) is 13.0 Å². The van der Waals surface area contributed by atoms with Crippen molar-refractivity contribution in [2.24, 2.45) is 0 Å². The molecule has 1 unspecified atom stereocenters. The zero-order chi connectivity index (χ0) is 12.7. The van der Waals surface area contributed by atoms with E-state index in [9.17, 15) is 4.79 Å². The van der Waals surface area contributed by atoms with Crippen LogP contribution in [-0.4, -0.2) is 38.3 Å². The lowest BCUT2D eigenvalue weighted by Crippen LogP contribution is -2.49. The monoisotopic (exact) mass is 275 g/mol. The molecule has 0 aromatic carbocycles. The maximum atomic E-state index is 11.1. The average molecular weight is 275 g/mol. The lowest BCUT2D eigenvalue weighted by molar-refractivity contribution is -0.144. The van der Waals surface area contributed by atoms with Crippen molar-refractivity contribution in [3.63, 3.8) is 0 Å². The molecule has 1 rings (SSSR count). The van der Waals surface area contributed by atoms with Crippen molar-refractivity contribution in [3.8, 4) is 0 Å². The highest BCUT2D eigenvalue weighted by Crippen LogP contribution is 2.21. The van der Waals surface area contributed by atoms with E-state index >= 15 is 0 Å². The predicted molar refractivity (Wildman–Crippen MR) is 69.6 cm³/mol. The molecule has 0 aliphatic heterocycles. The van der Waals surface area contributed by atoms with Crippen LogP contribution in [0.5, 0.6) is 0 Å². The number of hydrogen-bond acceptors (Lipinski definition) is 6. The van der Waals surface area contributed by atoms with Gasteiger partial charge in [-0.05, 0) is 37.8 Å². The van der Waals surface area contributed by atoms with Gasteiger partial charge in [-0.15, -0.1) is 0 Å². The summed E-state index contributed by atoms with van der Waals surface area (Å²) in [7, 11) is 0. The van der Waals surface area contributed by atoms with Crippen LogP contribution in [0.2, 0.25) is 0 Å². The third kappa shape index (κ3) is 4.61. The first-order valence-electron chi connectivity index (χ1n) is 5.46. The molecule has 1 heterocycles. The van der Waals surface area contributed by atoms with Crippen molar-refractivity contribution in [1.29, 1.82) is 0 Å². The Labute approximate surface area is 109 Å². The molecule has 2 N–H and O–H groups in total. The van der Waals surface area contributed by atoms with Gasteiger partial charge in [-0.25, -0.2) is 4.98 Å². The summed E-state index contributed by atoms with van der Waals surface area (Å²) in [4.78, 5) is 15.2. The molecule has 0 radical (unpaired) electrons. The second-order valence-electron chi connectivity index (χ2n) is 3.83.